The topological polar surface area (TPSA) is 30.7 Å². The second-order valence-corrected chi connectivity index (χ2v) is 6.93. The summed E-state index contributed by atoms with van der Waals surface area (Å²) in [6.07, 6.45) is 8.24. The maximum atomic E-state index is 4.81. The second-order valence-electron chi connectivity index (χ2n) is 6.93. The minimum absolute atomic E-state index is 0.632. The van der Waals surface area contributed by atoms with Crippen molar-refractivity contribution in [1.29, 1.82) is 0 Å². The largest absolute Gasteiger partial charge is 0.335 e. The van der Waals surface area contributed by atoms with Crippen LogP contribution in [0.3, 0.4) is 0 Å². The molecule has 22 heavy (non-hydrogen) atoms. The van der Waals surface area contributed by atoms with Gasteiger partial charge in [0, 0.05) is 31.6 Å². The molecule has 1 unspecified atom stereocenters. The molecule has 2 aromatic heterocycles. The SMILES string of the molecule is Cc1nc(CC(C)CCc2cccnc2)n(C)c1CC(C)C. The van der Waals surface area contributed by atoms with Crippen LogP contribution in [0.5, 0.6) is 0 Å². The van der Waals surface area contributed by atoms with E-state index in [1.165, 1.54) is 29.2 Å². The maximum absolute atomic E-state index is 4.81. The zero-order valence-corrected chi connectivity index (χ0v) is 14.6. The van der Waals surface area contributed by atoms with Gasteiger partial charge in [0.25, 0.3) is 0 Å². The normalized spacial score (nSPS) is 12.8. The summed E-state index contributed by atoms with van der Waals surface area (Å²) in [5.41, 5.74) is 3.92. The molecule has 0 fully saturated rings. The van der Waals surface area contributed by atoms with Crippen LogP contribution < -0.4 is 0 Å². The minimum Gasteiger partial charge on any atom is -0.335 e. The molecule has 0 bridgehead atoms. The summed E-state index contributed by atoms with van der Waals surface area (Å²) in [6.45, 7) is 9.00. The first kappa shape index (κ1) is 16.7. The van der Waals surface area contributed by atoms with E-state index in [-0.39, 0.29) is 0 Å². The van der Waals surface area contributed by atoms with Crippen molar-refractivity contribution >= 4 is 0 Å². The Bertz CT molecular complexity index is 584. The number of imidazole rings is 1. The van der Waals surface area contributed by atoms with Crippen LogP contribution in [0, 0.1) is 18.8 Å². The fourth-order valence-corrected chi connectivity index (χ4v) is 2.96. The highest BCUT2D eigenvalue weighted by Crippen LogP contribution is 2.19. The molecule has 0 spiro atoms. The Balaban J connectivity index is 1.95. The minimum atomic E-state index is 0.632. The molecule has 0 aliphatic heterocycles. The molecule has 3 heteroatoms. The summed E-state index contributed by atoms with van der Waals surface area (Å²) in [5.74, 6) is 2.53. The van der Waals surface area contributed by atoms with Crippen molar-refractivity contribution in [2.75, 3.05) is 0 Å². The third-order valence-corrected chi connectivity index (χ3v) is 4.29. The van der Waals surface area contributed by atoms with Crippen molar-refractivity contribution < 1.29 is 0 Å². The number of aryl methyl sites for hydroxylation is 2. The van der Waals surface area contributed by atoms with Crippen LogP contribution in [0.1, 0.15) is 50.0 Å². The van der Waals surface area contributed by atoms with Gasteiger partial charge in [-0.25, -0.2) is 4.98 Å². The second kappa shape index (κ2) is 7.57. The summed E-state index contributed by atoms with van der Waals surface area (Å²) in [5, 5.41) is 0. The summed E-state index contributed by atoms with van der Waals surface area (Å²) < 4.78 is 2.32. The van der Waals surface area contributed by atoms with Crippen molar-refractivity contribution in [2.45, 2.75) is 53.4 Å². The van der Waals surface area contributed by atoms with E-state index in [1.807, 2.05) is 18.5 Å². The van der Waals surface area contributed by atoms with Gasteiger partial charge >= 0.3 is 0 Å². The van der Waals surface area contributed by atoms with E-state index >= 15 is 0 Å². The molecule has 0 amide bonds. The van der Waals surface area contributed by atoms with E-state index in [2.05, 4.69) is 50.4 Å². The molecule has 0 aromatic carbocycles. The standard InChI is InChI=1S/C19H29N3/c1-14(2)11-18-16(4)21-19(22(18)5)12-15(3)8-9-17-7-6-10-20-13-17/h6-7,10,13-15H,8-9,11-12H2,1-5H3. The van der Waals surface area contributed by atoms with E-state index in [9.17, 15) is 0 Å². The average molecular weight is 299 g/mol. The van der Waals surface area contributed by atoms with Crippen LogP contribution in [0.4, 0.5) is 0 Å². The quantitative estimate of drug-likeness (QED) is 0.769. The van der Waals surface area contributed by atoms with Gasteiger partial charge in [0.15, 0.2) is 0 Å². The fourth-order valence-electron chi connectivity index (χ4n) is 2.96. The van der Waals surface area contributed by atoms with Gasteiger partial charge in [-0.2, -0.15) is 0 Å². The molecule has 0 aliphatic carbocycles. The monoisotopic (exact) mass is 299 g/mol. The summed E-state index contributed by atoms with van der Waals surface area (Å²) >= 11 is 0. The highest BCUT2D eigenvalue weighted by molar-refractivity contribution is 5.16. The highest BCUT2D eigenvalue weighted by Gasteiger charge is 2.15. The van der Waals surface area contributed by atoms with Gasteiger partial charge in [0.05, 0.1) is 5.69 Å². The molecule has 1 atom stereocenters. The van der Waals surface area contributed by atoms with Crippen molar-refractivity contribution in [1.82, 2.24) is 14.5 Å². The average Bonchev–Trinajstić information content (AvgIpc) is 2.73. The van der Waals surface area contributed by atoms with Gasteiger partial charge in [0.1, 0.15) is 5.82 Å². The molecule has 3 nitrogen and oxygen atoms in total. The molecule has 0 aliphatic rings. The van der Waals surface area contributed by atoms with E-state index in [0.717, 1.165) is 19.3 Å². The smallest absolute Gasteiger partial charge is 0.109 e. The van der Waals surface area contributed by atoms with Crippen LogP contribution in [0.2, 0.25) is 0 Å². The van der Waals surface area contributed by atoms with Gasteiger partial charge in [-0.1, -0.05) is 26.8 Å². The summed E-state index contributed by atoms with van der Waals surface area (Å²) in [4.78, 5) is 9.00. The molecular weight excluding hydrogens is 270 g/mol. The lowest BCUT2D eigenvalue weighted by Gasteiger charge is -2.13. The third kappa shape index (κ3) is 4.43. The first-order chi connectivity index (χ1) is 10.5. The van der Waals surface area contributed by atoms with Crippen molar-refractivity contribution in [2.24, 2.45) is 18.9 Å². The Morgan fingerprint density at radius 1 is 1.18 bits per heavy atom. The molecule has 0 saturated carbocycles. The van der Waals surface area contributed by atoms with Crippen LogP contribution >= 0.6 is 0 Å². The Labute approximate surface area is 134 Å². The van der Waals surface area contributed by atoms with Crippen LogP contribution in [-0.2, 0) is 26.3 Å². The lowest BCUT2D eigenvalue weighted by molar-refractivity contribution is 0.504. The number of rotatable bonds is 7. The molecule has 0 saturated heterocycles. The predicted octanol–water partition coefficient (Wildman–Crippen LogP) is 4.13. The van der Waals surface area contributed by atoms with Crippen LogP contribution in [0.15, 0.2) is 24.5 Å². The van der Waals surface area contributed by atoms with Gasteiger partial charge in [-0.15, -0.1) is 0 Å². The first-order valence-corrected chi connectivity index (χ1v) is 8.37. The zero-order chi connectivity index (χ0) is 16.1. The lowest BCUT2D eigenvalue weighted by Crippen LogP contribution is -2.09. The summed E-state index contributed by atoms with van der Waals surface area (Å²) in [6, 6.07) is 4.17. The van der Waals surface area contributed by atoms with Gasteiger partial charge in [-0.05, 0) is 49.7 Å². The first-order valence-electron chi connectivity index (χ1n) is 8.37. The fraction of sp³-hybridized carbons (Fsp3) is 0.579. The number of aromatic nitrogens is 3. The Hall–Kier alpha value is -1.64. The number of nitrogens with zero attached hydrogens (tertiary/aromatic N) is 3. The molecule has 0 radical (unpaired) electrons. The Kier molecular flexibility index (Phi) is 5.76. The van der Waals surface area contributed by atoms with E-state index in [4.69, 9.17) is 4.98 Å². The maximum Gasteiger partial charge on any atom is 0.109 e. The third-order valence-electron chi connectivity index (χ3n) is 4.29. The van der Waals surface area contributed by atoms with Crippen molar-refractivity contribution in [3.63, 3.8) is 0 Å². The van der Waals surface area contributed by atoms with Crippen molar-refractivity contribution in [3.8, 4) is 0 Å². The predicted molar refractivity (Wildman–Crippen MR) is 91.9 cm³/mol. The molecule has 0 N–H and O–H groups in total. The highest BCUT2D eigenvalue weighted by atomic mass is 15.1. The van der Waals surface area contributed by atoms with Crippen LogP contribution in [0.25, 0.3) is 0 Å². The Morgan fingerprint density at radius 3 is 2.59 bits per heavy atom. The van der Waals surface area contributed by atoms with Gasteiger partial charge in [-0.3, -0.25) is 4.98 Å². The summed E-state index contributed by atoms with van der Waals surface area (Å²) in [7, 11) is 2.17. The van der Waals surface area contributed by atoms with Crippen LogP contribution in [-0.4, -0.2) is 14.5 Å². The Morgan fingerprint density at radius 2 is 1.95 bits per heavy atom. The number of hydrogen-bond acceptors (Lipinski definition) is 2. The van der Waals surface area contributed by atoms with E-state index in [1.54, 1.807) is 0 Å². The van der Waals surface area contributed by atoms with Crippen molar-refractivity contribution in [3.05, 3.63) is 47.3 Å². The molecule has 2 rings (SSSR count). The molecular formula is C19H29N3. The lowest BCUT2D eigenvalue weighted by atomic mass is 9.98. The van der Waals surface area contributed by atoms with Gasteiger partial charge in [0.2, 0.25) is 0 Å². The zero-order valence-electron chi connectivity index (χ0n) is 14.6. The molecule has 2 aromatic rings. The number of hydrogen-bond donors (Lipinski definition) is 0. The number of pyridine rings is 1. The molecule has 2 heterocycles. The van der Waals surface area contributed by atoms with E-state index in [0.29, 0.717) is 11.8 Å². The van der Waals surface area contributed by atoms with E-state index < -0.39 is 0 Å². The van der Waals surface area contributed by atoms with Gasteiger partial charge < -0.3 is 4.57 Å². The molecule has 120 valence electrons.